The first kappa shape index (κ1) is 17.2. The van der Waals surface area contributed by atoms with Gasteiger partial charge >= 0.3 is 5.97 Å². The number of rotatable bonds is 12. The first-order chi connectivity index (χ1) is 8.81. The Hall–Kier alpha value is -0.790. The summed E-state index contributed by atoms with van der Waals surface area (Å²) >= 11 is 0. The molecule has 0 aromatic heterocycles. The number of esters is 1. The van der Waals surface area contributed by atoms with E-state index in [4.69, 9.17) is 4.74 Å². The van der Waals surface area contributed by atoms with E-state index in [1.807, 2.05) is 6.92 Å². The van der Waals surface area contributed by atoms with Crippen LogP contribution in [0.3, 0.4) is 0 Å². The third-order valence-corrected chi connectivity index (χ3v) is 2.96. The summed E-state index contributed by atoms with van der Waals surface area (Å²) in [6.45, 7) is 4.53. The van der Waals surface area contributed by atoms with Crippen LogP contribution in [0.2, 0.25) is 0 Å². The summed E-state index contributed by atoms with van der Waals surface area (Å²) in [5.74, 6) is -0.0415. The number of carbonyl (C=O) groups is 1. The summed E-state index contributed by atoms with van der Waals surface area (Å²) in [6, 6.07) is 0. The van der Waals surface area contributed by atoms with Gasteiger partial charge in [0.05, 0.1) is 6.61 Å². The summed E-state index contributed by atoms with van der Waals surface area (Å²) in [5, 5.41) is 0. The van der Waals surface area contributed by atoms with Crippen LogP contribution in [0.5, 0.6) is 0 Å². The predicted octanol–water partition coefficient (Wildman–Crippen LogP) is 5.03. The molecule has 0 radical (unpaired) electrons. The summed E-state index contributed by atoms with van der Waals surface area (Å²) in [7, 11) is 0. The van der Waals surface area contributed by atoms with Crippen molar-refractivity contribution in [3.63, 3.8) is 0 Å². The molecule has 0 rings (SSSR count). The molecule has 18 heavy (non-hydrogen) atoms. The van der Waals surface area contributed by atoms with Gasteiger partial charge in [-0.1, -0.05) is 51.2 Å². The van der Waals surface area contributed by atoms with E-state index >= 15 is 0 Å². The quantitative estimate of drug-likeness (QED) is 0.277. The molecule has 2 nitrogen and oxygen atoms in total. The van der Waals surface area contributed by atoms with Crippen molar-refractivity contribution in [3.05, 3.63) is 12.2 Å². The van der Waals surface area contributed by atoms with Crippen LogP contribution in [-0.2, 0) is 9.53 Å². The van der Waals surface area contributed by atoms with Gasteiger partial charge in [-0.2, -0.15) is 0 Å². The van der Waals surface area contributed by atoms with Crippen LogP contribution in [0.15, 0.2) is 12.2 Å². The molecular weight excluding hydrogens is 224 g/mol. The van der Waals surface area contributed by atoms with Crippen molar-refractivity contribution < 1.29 is 9.53 Å². The predicted molar refractivity (Wildman–Crippen MR) is 77.6 cm³/mol. The summed E-state index contributed by atoms with van der Waals surface area (Å²) in [5.41, 5.74) is 0. The maximum atomic E-state index is 11.1. The van der Waals surface area contributed by atoms with Gasteiger partial charge in [-0.05, 0) is 32.6 Å². The molecule has 0 aliphatic heterocycles. The molecule has 0 heterocycles. The van der Waals surface area contributed by atoms with E-state index in [0.29, 0.717) is 13.0 Å². The van der Waals surface area contributed by atoms with Gasteiger partial charge < -0.3 is 4.74 Å². The van der Waals surface area contributed by atoms with Crippen molar-refractivity contribution in [1.82, 2.24) is 0 Å². The van der Waals surface area contributed by atoms with E-state index in [9.17, 15) is 4.79 Å². The minimum absolute atomic E-state index is 0.0415. The molecule has 0 aliphatic rings. The lowest BCUT2D eigenvalue weighted by atomic mass is 10.1. The highest BCUT2D eigenvalue weighted by atomic mass is 16.5. The zero-order valence-corrected chi connectivity index (χ0v) is 12.2. The zero-order chi connectivity index (χ0) is 13.5. The minimum atomic E-state index is -0.0415. The maximum absolute atomic E-state index is 11.1. The summed E-state index contributed by atoms with van der Waals surface area (Å²) < 4.78 is 4.89. The molecule has 0 aliphatic carbocycles. The minimum Gasteiger partial charge on any atom is -0.466 e. The molecule has 0 saturated carbocycles. The Morgan fingerprint density at radius 3 is 2.11 bits per heavy atom. The topological polar surface area (TPSA) is 26.3 Å². The average molecular weight is 254 g/mol. The smallest absolute Gasteiger partial charge is 0.305 e. The third-order valence-electron chi connectivity index (χ3n) is 2.96. The number of hydrogen-bond donors (Lipinski definition) is 0. The molecule has 2 heteroatoms. The van der Waals surface area contributed by atoms with Gasteiger partial charge in [0, 0.05) is 6.42 Å². The van der Waals surface area contributed by atoms with Crippen molar-refractivity contribution in [2.45, 2.75) is 78.1 Å². The molecule has 0 aromatic rings. The second kappa shape index (κ2) is 14.3. The maximum Gasteiger partial charge on any atom is 0.305 e. The molecule has 0 atom stereocenters. The lowest BCUT2D eigenvalue weighted by molar-refractivity contribution is -0.143. The second-order valence-electron chi connectivity index (χ2n) is 4.70. The van der Waals surface area contributed by atoms with Gasteiger partial charge in [0.2, 0.25) is 0 Å². The molecule has 0 spiro atoms. The van der Waals surface area contributed by atoms with E-state index in [1.165, 1.54) is 38.5 Å². The van der Waals surface area contributed by atoms with E-state index < -0.39 is 0 Å². The van der Waals surface area contributed by atoms with Crippen LogP contribution in [0.1, 0.15) is 78.1 Å². The van der Waals surface area contributed by atoms with Crippen LogP contribution in [0, 0.1) is 0 Å². The molecule has 0 amide bonds. The van der Waals surface area contributed by atoms with Gasteiger partial charge in [-0.3, -0.25) is 4.79 Å². The number of carbonyl (C=O) groups excluding carboxylic acids is 1. The van der Waals surface area contributed by atoms with Crippen LogP contribution < -0.4 is 0 Å². The molecule has 0 N–H and O–H groups in total. The Bertz CT molecular complexity index is 209. The highest BCUT2D eigenvalue weighted by Crippen LogP contribution is 2.10. The Kier molecular flexibility index (Phi) is 13.6. The molecule has 0 bridgehead atoms. The van der Waals surface area contributed by atoms with Crippen molar-refractivity contribution >= 4 is 5.97 Å². The Balaban J connectivity index is 3.07. The highest BCUT2D eigenvalue weighted by Gasteiger charge is 2.00. The lowest BCUT2D eigenvalue weighted by Gasteiger charge is -2.02. The molecule has 0 unspecified atom stereocenters. The Morgan fingerprint density at radius 2 is 1.50 bits per heavy atom. The Morgan fingerprint density at radius 1 is 0.889 bits per heavy atom. The van der Waals surface area contributed by atoms with E-state index in [2.05, 4.69) is 19.1 Å². The van der Waals surface area contributed by atoms with Crippen LogP contribution in [0.25, 0.3) is 0 Å². The van der Waals surface area contributed by atoms with Gasteiger partial charge in [-0.15, -0.1) is 0 Å². The van der Waals surface area contributed by atoms with Crippen molar-refractivity contribution in [1.29, 1.82) is 0 Å². The second-order valence-corrected chi connectivity index (χ2v) is 4.70. The Labute approximate surface area is 113 Å². The SMILES string of the molecule is CC/C=C/CCCCCCCCCC(=O)OCC. The normalized spacial score (nSPS) is 11.0. The fraction of sp³-hybridized carbons (Fsp3) is 0.812. The fourth-order valence-corrected chi connectivity index (χ4v) is 1.93. The van der Waals surface area contributed by atoms with Crippen molar-refractivity contribution in [2.24, 2.45) is 0 Å². The standard InChI is InChI=1S/C16H30O2/c1-3-5-6-7-8-9-10-11-12-13-14-15-16(17)18-4-2/h5-6H,3-4,7-15H2,1-2H3/b6-5+. The monoisotopic (exact) mass is 254 g/mol. The third kappa shape index (κ3) is 13.3. The first-order valence-electron chi connectivity index (χ1n) is 7.61. The van der Waals surface area contributed by atoms with Crippen LogP contribution in [0.4, 0.5) is 0 Å². The largest absolute Gasteiger partial charge is 0.466 e. The lowest BCUT2D eigenvalue weighted by Crippen LogP contribution is -2.03. The number of hydrogen-bond acceptors (Lipinski definition) is 2. The van der Waals surface area contributed by atoms with Crippen molar-refractivity contribution in [3.8, 4) is 0 Å². The van der Waals surface area contributed by atoms with Gasteiger partial charge in [0.1, 0.15) is 0 Å². The van der Waals surface area contributed by atoms with Gasteiger partial charge in [0.15, 0.2) is 0 Å². The van der Waals surface area contributed by atoms with E-state index in [-0.39, 0.29) is 5.97 Å². The van der Waals surface area contributed by atoms with Crippen LogP contribution >= 0.6 is 0 Å². The van der Waals surface area contributed by atoms with E-state index in [1.54, 1.807) is 0 Å². The van der Waals surface area contributed by atoms with E-state index in [0.717, 1.165) is 19.3 Å². The first-order valence-corrected chi connectivity index (χ1v) is 7.61. The molecule has 0 saturated heterocycles. The average Bonchev–Trinajstić information content (AvgIpc) is 2.36. The van der Waals surface area contributed by atoms with Gasteiger partial charge in [0.25, 0.3) is 0 Å². The molecule has 0 fully saturated rings. The highest BCUT2D eigenvalue weighted by molar-refractivity contribution is 5.69. The number of ether oxygens (including phenoxy) is 1. The number of unbranched alkanes of at least 4 members (excludes halogenated alkanes) is 7. The van der Waals surface area contributed by atoms with Crippen molar-refractivity contribution in [2.75, 3.05) is 6.61 Å². The summed E-state index contributed by atoms with van der Waals surface area (Å²) in [6.07, 6.45) is 16.2. The van der Waals surface area contributed by atoms with Gasteiger partial charge in [-0.25, -0.2) is 0 Å². The van der Waals surface area contributed by atoms with Crippen LogP contribution in [-0.4, -0.2) is 12.6 Å². The summed E-state index contributed by atoms with van der Waals surface area (Å²) in [4.78, 5) is 11.1. The molecular formula is C16H30O2. The number of allylic oxidation sites excluding steroid dienone is 2. The zero-order valence-electron chi connectivity index (χ0n) is 12.2. The molecule has 0 aromatic carbocycles. The molecule has 106 valence electrons. The fourth-order valence-electron chi connectivity index (χ4n) is 1.93.